The number of pyridine rings is 1. The fourth-order valence-electron chi connectivity index (χ4n) is 6.44. The fraction of sp³-hybridized carbons (Fsp3) is 0.303. The van der Waals surface area contributed by atoms with Gasteiger partial charge in [0.2, 0.25) is 0 Å². The van der Waals surface area contributed by atoms with Crippen molar-refractivity contribution in [1.29, 1.82) is 0 Å². The van der Waals surface area contributed by atoms with Gasteiger partial charge in [0, 0.05) is 42.6 Å². The van der Waals surface area contributed by atoms with Crippen molar-refractivity contribution >= 4 is 46.3 Å². The molecule has 2 aromatic heterocycles. The van der Waals surface area contributed by atoms with Crippen LogP contribution >= 0.6 is 23.8 Å². The van der Waals surface area contributed by atoms with E-state index in [-0.39, 0.29) is 18.1 Å². The zero-order valence-corrected chi connectivity index (χ0v) is 25.5. The second-order valence-electron chi connectivity index (χ2n) is 11.3. The van der Waals surface area contributed by atoms with Gasteiger partial charge in [0.05, 0.1) is 35.1 Å². The molecule has 2 aromatic carbocycles. The maximum Gasteiger partial charge on any atom is 0.337 e. The molecule has 0 spiro atoms. The standard InChI is InChI=1S/C33H34ClN5O2S/c1-21-17-22(2)20-37(19-21)28-14-13-25(18-26(28)34)39-31(30(36-33(39)42)27-7-4-5-15-35-27)29-8-6-16-38(29)24-11-9-23(10-12-24)32(40)41-3/h4-16,18,21-22,30-31H,17,19-20H2,1-3H3,(H,36,42)/t21-,22-,30-,31+/m0/s1. The van der Waals surface area contributed by atoms with E-state index in [0.29, 0.717) is 27.5 Å². The van der Waals surface area contributed by atoms with E-state index in [4.69, 9.17) is 33.5 Å². The molecule has 0 saturated carbocycles. The SMILES string of the molecule is COC(=O)c1ccc(-n2cccc2[C@@H]2[C@H](c3ccccn3)NC(=S)N2c2ccc(N3C[C@@H](C)C[C@H](C)C3)c(Cl)c2)cc1. The summed E-state index contributed by atoms with van der Waals surface area (Å²) in [5.74, 6) is 0.880. The van der Waals surface area contributed by atoms with Crippen molar-refractivity contribution in [2.75, 3.05) is 30.0 Å². The first-order chi connectivity index (χ1) is 20.3. The molecule has 42 heavy (non-hydrogen) atoms. The van der Waals surface area contributed by atoms with Crippen LogP contribution in [0.5, 0.6) is 0 Å². The van der Waals surface area contributed by atoms with Crippen molar-refractivity contribution in [3.05, 3.63) is 107 Å². The summed E-state index contributed by atoms with van der Waals surface area (Å²) in [7, 11) is 1.38. The molecule has 2 fully saturated rings. The summed E-state index contributed by atoms with van der Waals surface area (Å²) in [5.41, 5.74) is 5.30. The third-order valence-corrected chi connectivity index (χ3v) is 8.78. The normalized spacial score (nSPS) is 22.2. The van der Waals surface area contributed by atoms with Crippen LogP contribution in [0.3, 0.4) is 0 Å². The molecule has 0 aliphatic carbocycles. The van der Waals surface area contributed by atoms with Gasteiger partial charge < -0.3 is 24.4 Å². The van der Waals surface area contributed by atoms with Gasteiger partial charge in [0.15, 0.2) is 5.11 Å². The number of nitrogens with one attached hydrogen (secondary N) is 1. The van der Waals surface area contributed by atoms with Gasteiger partial charge >= 0.3 is 5.97 Å². The smallest absolute Gasteiger partial charge is 0.337 e. The average Bonchev–Trinajstić information content (AvgIpc) is 3.61. The topological polar surface area (TPSA) is 62.6 Å². The molecule has 0 unspecified atom stereocenters. The number of carbonyl (C=O) groups is 1. The summed E-state index contributed by atoms with van der Waals surface area (Å²) in [4.78, 5) is 21.3. The highest BCUT2D eigenvalue weighted by atomic mass is 35.5. The lowest BCUT2D eigenvalue weighted by Crippen LogP contribution is -2.38. The van der Waals surface area contributed by atoms with Gasteiger partial charge in [-0.1, -0.05) is 31.5 Å². The van der Waals surface area contributed by atoms with Crippen molar-refractivity contribution in [1.82, 2.24) is 14.9 Å². The number of nitrogens with zero attached hydrogens (tertiary/aromatic N) is 4. The van der Waals surface area contributed by atoms with Gasteiger partial charge in [-0.3, -0.25) is 4.98 Å². The predicted molar refractivity (Wildman–Crippen MR) is 172 cm³/mol. The first-order valence-electron chi connectivity index (χ1n) is 14.2. The van der Waals surface area contributed by atoms with Crippen LogP contribution in [0.1, 0.15) is 54.1 Å². The molecule has 1 N–H and O–H groups in total. The predicted octanol–water partition coefficient (Wildman–Crippen LogP) is 6.97. The number of esters is 1. The van der Waals surface area contributed by atoms with E-state index in [1.54, 1.807) is 18.3 Å². The van der Waals surface area contributed by atoms with Crippen LogP contribution in [-0.2, 0) is 4.74 Å². The summed E-state index contributed by atoms with van der Waals surface area (Å²) < 4.78 is 7.00. The minimum Gasteiger partial charge on any atom is -0.465 e. The summed E-state index contributed by atoms with van der Waals surface area (Å²) in [6.07, 6.45) is 5.06. The van der Waals surface area contributed by atoms with Gasteiger partial charge in [-0.2, -0.15) is 0 Å². The van der Waals surface area contributed by atoms with Gasteiger partial charge in [-0.25, -0.2) is 4.79 Å². The van der Waals surface area contributed by atoms with E-state index in [0.717, 1.165) is 41.5 Å². The lowest BCUT2D eigenvalue weighted by molar-refractivity contribution is 0.0600. The van der Waals surface area contributed by atoms with Gasteiger partial charge in [-0.15, -0.1) is 0 Å². The number of carbonyl (C=O) groups excluding carboxylic acids is 1. The Morgan fingerprint density at radius 2 is 1.74 bits per heavy atom. The molecule has 6 rings (SSSR count). The Hall–Kier alpha value is -3.88. The summed E-state index contributed by atoms with van der Waals surface area (Å²) in [6, 6.07) is 23.3. The van der Waals surface area contributed by atoms with Crippen LogP contribution in [0.4, 0.5) is 11.4 Å². The Morgan fingerprint density at radius 3 is 2.40 bits per heavy atom. The van der Waals surface area contributed by atoms with E-state index in [2.05, 4.69) is 51.7 Å². The lowest BCUT2D eigenvalue weighted by Gasteiger charge is -2.37. The fourth-order valence-corrected chi connectivity index (χ4v) is 7.08. The Bertz CT molecular complexity index is 1580. The minimum absolute atomic E-state index is 0.205. The molecule has 0 radical (unpaired) electrons. The highest BCUT2D eigenvalue weighted by Crippen LogP contribution is 2.44. The first kappa shape index (κ1) is 28.2. The molecule has 4 heterocycles. The molecule has 9 heteroatoms. The van der Waals surface area contributed by atoms with E-state index in [1.807, 2.05) is 48.7 Å². The summed E-state index contributed by atoms with van der Waals surface area (Å²) in [5, 5.41) is 4.86. The summed E-state index contributed by atoms with van der Waals surface area (Å²) in [6.45, 7) is 6.61. The number of thiocarbonyl (C=S) groups is 1. The second-order valence-corrected chi connectivity index (χ2v) is 12.1. The number of piperidine rings is 1. The van der Waals surface area contributed by atoms with Gasteiger partial charge in [-0.05, 0) is 97.2 Å². The molecule has 4 aromatic rings. The van der Waals surface area contributed by atoms with Crippen LogP contribution in [0.25, 0.3) is 5.69 Å². The maximum absolute atomic E-state index is 12.0. The number of benzene rings is 2. The molecule has 0 bridgehead atoms. The summed E-state index contributed by atoms with van der Waals surface area (Å²) >= 11 is 13.0. The Morgan fingerprint density at radius 1 is 1.00 bits per heavy atom. The van der Waals surface area contributed by atoms with E-state index in [9.17, 15) is 4.79 Å². The quantitative estimate of drug-likeness (QED) is 0.190. The molecule has 4 atom stereocenters. The zero-order chi connectivity index (χ0) is 29.4. The molecule has 2 aliphatic rings. The third-order valence-electron chi connectivity index (χ3n) is 8.17. The van der Waals surface area contributed by atoms with Crippen LogP contribution in [0.15, 0.2) is 85.2 Å². The van der Waals surface area contributed by atoms with Crippen molar-refractivity contribution in [3.8, 4) is 5.69 Å². The number of halogens is 1. The number of methoxy groups -OCH3 is 1. The van der Waals surface area contributed by atoms with Crippen LogP contribution in [-0.4, -0.2) is 40.8 Å². The molecule has 216 valence electrons. The monoisotopic (exact) mass is 599 g/mol. The Balaban J connectivity index is 1.40. The highest BCUT2D eigenvalue weighted by Gasteiger charge is 2.42. The Labute approximate surface area is 257 Å². The average molecular weight is 600 g/mol. The maximum atomic E-state index is 12.0. The van der Waals surface area contributed by atoms with Crippen LogP contribution in [0, 0.1) is 11.8 Å². The molecular formula is C33H34ClN5O2S. The number of hydrogen-bond acceptors (Lipinski definition) is 5. The van der Waals surface area contributed by atoms with Gasteiger partial charge in [0.1, 0.15) is 6.04 Å². The number of hydrogen-bond donors (Lipinski definition) is 1. The second kappa shape index (κ2) is 11.8. The minimum atomic E-state index is -0.366. The number of anilines is 2. The van der Waals surface area contributed by atoms with Crippen molar-refractivity contribution in [2.45, 2.75) is 32.4 Å². The van der Waals surface area contributed by atoms with Crippen molar-refractivity contribution < 1.29 is 9.53 Å². The molecule has 2 saturated heterocycles. The third kappa shape index (κ3) is 5.37. The largest absolute Gasteiger partial charge is 0.465 e. The van der Waals surface area contributed by atoms with Crippen LogP contribution < -0.4 is 15.1 Å². The van der Waals surface area contributed by atoms with Crippen LogP contribution in [0.2, 0.25) is 5.02 Å². The van der Waals surface area contributed by atoms with Crippen molar-refractivity contribution in [3.63, 3.8) is 0 Å². The molecule has 7 nitrogen and oxygen atoms in total. The Kier molecular flexibility index (Phi) is 7.92. The van der Waals surface area contributed by atoms with Gasteiger partial charge in [0.25, 0.3) is 0 Å². The van der Waals surface area contributed by atoms with E-state index < -0.39 is 0 Å². The number of ether oxygens (including phenoxy) is 1. The molecular weight excluding hydrogens is 566 g/mol. The van der Waals surface area contributed by atoms with E-state index >= 15 is 0 Å². The number of rotatable bonds is 6. The zero-order valence-electron chi connectivity index (χ0n) is 23.9. The van der Waals surface area contributed by atoms with E-state index in [1.165, 1.54) is 13.5 Å². The lowest BCUT2D eigenvalue weighted by atomic mass is 9.91. The molecule has 2 aliphatic heterocycles. The molecule has 0 amide bonds. The number of aromatic nitrogens is 2. The highest BCUT2D eigenvalue weighted by molar-refractivity contribution is 7.80. The van der Waals surface area contributed by atoms with Crippen molar-refractivity contribution in [2.24, 2.45) is 11.8 Å². The first-order valence-corrected chi connectivity index (χ1v) is 15.0.